The van der Waals surface area contributed by atoms with Crippen LogP contribution in [0.3, 0.4) is 0 Å². The number of rotatable bonds is 6. The molecule has 27 heavy (non-hydrogen) atoms. The minimum absolute atomic E-state index is 0.246. The molecule has 5 nitrogen and oxygen atoms in total. The summed E-state index contributed by atoms with van der Waals surface area (Å²) in [5.74, 6) is 0.915. The van der Waals surface area contributed by atoms with Crippen LogP contribution in [0.15, 0.2) is 60.7 Å². The fraction of sp³-hybridized carbons (Fsp3) is 0.227. The second-order valence-corrected chi connectivity index (χ2v) is 6.61. The summed E-state index contributed by atoms with van der Waals surface area (Å²) in [7, 11) is 0. The van der Waals surface area contributed by atoms with Crippen molar-refractivity contribution in [2.24, 2.45) is 0 Å². The number of hydrogen-bond acceptors (Lipinski definition) is 4. The second kappa shape index (κ2) is 8.45. The molecule has 138 valence electrons. The highest BCUT2D eigenvalue weighted by Gasteiger charge is 2.14. The highest BCUT2D eigenvalue weighted by atomic mass is 16.1. The molecule has 2 N–H and O–H groups in total. The van der Waals surface area contributed by atoms with Gasteiger partial charge in [-0.3, -0.25) is 4.79 Å². The molecular formula is C22H24N4O. The van der Waals surface area contributed by atoms with Gasteiger partial charge in [0, 0.05) is 23.4 Å². The van der Waals surface area contributed by atoms with Gasteiger partial charge in [0.1, 0.15) is 11.5 Å². The highest BCUT2D eigenvalue weighted by molar-refractivity contribution is 6.03. The van der Waals surface area contributed by atoms with Crippen LogP contribution in [-0.4, -0.2) is 21.9 Å². The van der Waals surface area contributed by atoms with E-state index in [1.165, 1.54) is 0 Å². The molecule has 0 aliphatic carbocycles. The quantitative estimate of drug-likeness (QED) is 0.655. The molecule has 3 rings (SSSR count). The fourth-order valence-electron chi connectivity index (χ4n) is 2.63. The number of aryl methyl sites for hydroxylation is 1. The average molecular weight is 360 g/mol. The van der Waals surface area contributed by atoms with Crippen molar-refractivity contribution in [2.45, 2.75) is 33.2 Å². The van der Waals surface area contributed by atoms with E-state index in [1.807, 2.05) is 61.5 Å². The monoisotopic (exact) mass is 360 g/mol. The lowest BCUT2D eigenvalue weighted by Gasteiger charge is -2.14. The molecule has 1 amide bonds. The zero-order chi connectivity index (χ0) is 19.2. The van der Waals surface area contributed by atoms with Crippen LogP contribution in [0, 0.1) is 6.92 Å². The van der Waals surface area contributed by atoms with Gasteiger partial charge in [-0.25, -0.2) is 9.97 Å². The third-order valence-electron chi connectivity index (χ3n) is 4.27. The lowest BCUT2D eigenvalue weighted by molar-refractivity contribution is 0.102. The number of nitrogens with one attached hydrogen (secondary N) is 2. The van der Waals surface area contributed by atoms with E-state index in [4.69, 9.17) is 0 Å². The van der Waals surface area contributed by atoms with Crippen LogP contribution in [0.2, 0.25) is 0 Å². The first kappa shape index (κ1) is 18.6. The van der Waals surface area contributed by atoms with Crippen LogP contribution in [0.1, 0.15) is 36.3 Å². The Morgan fingerprint density at radius 2 is 1.81 bits per heavy atom. The topological polar surface area (TPSA) is 66.9 Å². The van der Waals surface area contributed by atoms with Gasteiger partial charge in [-0.05, 0) is 38.0 Å². The molecule has 5 heteroatoms. The van der Waals surface area contributed by atoms with Gasteiger partial charge in [0.2, 0.25) is 0 Å². The van der Waals surface area contributed by atoms with Crippen LogP contribution in [-0.2, 0) is 0 Å². The maximum atomic E-state index is 12.8. The van der Waals surface area contributed by atoms with E-state index in [1.54, 1.807) is 6.07 Å². The van der Waals surface area contributed by atoms with Crippen molar-refractivity contribution in [3.05, 3.63) is 71.9 Å². The van der Waals surface area contributed by atoms with E-state index < -0.39 is 0 Å². The summed E-state index contributed by atoms with van der Waals surface area (Å²) in [5, 5.41) is 6.25. The van der Waals surface area contributed by atoms with Crippen LogP contribution in [0.4, 0.5) is 11.5 Å². The normalized spacial score (nSPS) is 11.7. The van der Waals surface area contributed by atoms with Gasteiger partial charge in [0.15, 0.2) is 5.82 Å². The minimum Gasteiger partial charge on any atom is -0.367 e. The number of nitrogens with zero attached hydrogens (tertiary/aromatic N) is 2. The largest absolute Gasteiger partial charge is 0.367 e. The zero-order valence-corrected chi connectivity index (χ0v) is 15.9. The van der Waals surface area contributed by atoms with E-state index in [9.17, 15) is 4.79 Å². The van der Waals surface area contributed by atoms with Gasteiger partial charge in [0.25, 0.3) is 5.91 Å². The van der Waals surface area contributed by atoms with Gasteiger partial charge in [-0.2, -0.15) is 0 Å². The molecule has 0 fully saturated rings. The molecule has 0 aliphatic rings. The molecule has 0 saturated heterocycles. The Bertz CT molecular complexity index is 925. The molecule has 2 aromatic carbocycles. The highest BCUT2D eigenvalue weighted by Crippen LogP contribution is 2.20. The van der Waals surface area contributed by atoms with Crippen molar-refractivity contribution >= 4 is 17.4 Å². The van der Waals surface area contributed by atoms with Gasteiger partial charge >= 0.3 is 0 Å². The SMILES string of the molecule is CCC(C)Nc1cc(C(=O)Nc2cccc(C)c2)nc(-c2ccccc2)n1. The maximum absolute atomic E-state index is 12.8. The van der Waals surface area contributed by atoms with Gasteiger partial charge in [0.05, 0.1) is 0 Å². The Kier molecular flexibility index (Phi) is 5.81. The maximum Gasteiger partial charge on any atom is 0.274 e. The van der Waals surface area contributed by atoms with E-state index in [0.717, 1.165) is 23.2 Å². The standard InChI is InChI=1S/C22H24N4O/c1-4-16(3)23-20-14-19(22(27)24-18-12-8-9-15(2)13-18)25-21(26-20)17-10-6-5-7-11-17/h5-14,16H,4H2,1-3H3,(H,24,27)(H,23,25,26). The number of carbonyl (C=O) groups is 1. The van der Waals surface area contributed by atoms with Crippen LogP contribution >= 0.6 is 0 Å². The van der Waals surface area contributed by atoms with Crippen molar-refractivity contribution in [1.82, 2.24) is 9.97 Å². The first-order valence-corrected chi connectivity index (χ1v) is 9.14. The van der Waals surface area contributed by atoms with Crippen molar-refractivity contribution in [2.75, 3.05) is 10.6 Å². The smallest absolute Gasteiger partial charge is 0.274 e. The Labute approximate surface area is 159 Å². The van der Waals surface area contributed by atoms with E-state index in [0.29, 0.717) is 17.3 Å². The number of carbonyl (C=O) groups excluding carboxylic acids is 1. The predicted molar refractivity (Wildman–Crippen MR) is 110 cm³/mol. The van der Waals surface area contributed by atoms with E-state index in [2.05, 4.69) is 34.4 Å². The molecule has 0 saturated carbocycles. The summed E-state index contributed by atoms with van der Waals surface area (Å²) < 4.78 is 0. The lowest BCUT2D eigenvalue weighted by Crippen LogP contribution is -2.18. The van der Waals surface area contributed by atoms with Gasteiger partial charge in [-0.1, -0.05) is 49.4 Å². The average Bonchev–Trinajstić information content (AvgIpc) is 2.68. The summed E-state index contributed by atoms with van der Waals surface area (Å²) in [5.41, 5.74) is 3.03. The molecule has 0 radical (unpaired) electrons. The third-order valence-corrected chi connectivity index (χ3v) is 4.27. The van der Waals surface area contributed by atoms with E-state index in [-0.39, 0.29) is 11.9 Å². The Morgan fingerprint density at radius 3 is 2.52 bits per heavy atom. The molecular weight excluding hydrogens is 336 g/mol. The van der Waals surface area contributed by atoms with Crippen LogP contribution in [0.25, 0.3) is 11.4 Å². The van der Waals surface area contributed by atoms with Gasteiger partial charge < -0.3 is 10.6 Å². The summed E-state index contributed by atoms with van der Waals surface area (Å²) in [6.45, 7) is 6.17. The number of anilines is 2. The number of benzene rings is 2. The van der Waals surface area contributed by atoms with Crippen LogP contribution in [0.5, 0.6) is 0 Å². The van der Waals surface area contributed by atoms with E-state index >= 15 is 0 Å². The molecule has 3 aromatic rings. The summed E-state index contributed by atoms with van der Waals surface area (Å²) in [4.78, 5) is 21.9. The molecule has 1 atom stereocenters. The molecule has 0 bridgehead atoms. The fourth-order valence-corrected chi connectivity index (χ4v) is 2.63. The number of aromatic nitrogens is 2. The zero-order valence-electron chi connectivity index (χ0n) is 15.9. The Hall–Kier alpha value is -3.21. The first-order valence-electron chi connectivity index (χ1n) is 9.14. The van der Waals surface area contributed by atoms with Gasteiger partial charge in [-0.15, -0.1) is 0 Å². The third kappa shape index (κ3) is 4.91. The molecule has 0 spiro atoms. The van der Waals surface area contributed by atoms with Crippen molar-refractivity contribution in [3.63, 3.8) is 0 Å². The first-order chi connectivity index (χ1) is 13.0. The summed E-state index contributed by atoms with van der Waals surface area (Å²) in [6.07, 6.45) is 0.954. The minimum atomic E-state index is -0.257. The molecule has 1 heterocycles. The second-order valence-electron chi connectivity index (χ2n) is 6.61. The summed E-state index contributed by atoms with van der Waals surface area (Å²) >= 11 is 0. The molecule has 0 aliphatic heterocycles. The summed E-state index contributed by atoms with van der Waals surface area (Å²) in [6, 6.07) is 19.3. The number of hydrogen-bond donors (Lipinski definition) is 2. The molecule has 1 aromatic heterocycles. The molecule has 1 unspecified atom stereocenters. The number of amides is 1. The predicted octanol–water partition coefficient (Wildman–Crippen LogP) is 4.91. The Morgan fingerprint density at radius 1 is 1.04 bits per heavy atom. The van der Waals surface area contributed by atoms with Crippen molar-refractivity contribution < 1.29 is 4.79 Å². The van der Waals surface area contributed by atoms with Crippen molar-refractivity contribution in [3.8, 4) is 11.4 Å². The lowest BCUT2D eigenvalue weighted by atomic mass is 10.2. The van der Waals surface area contributed by atoms with Crippen molar-refractivity contribution in [1.29, 1.82) is 0 Å². The van der Waals surface area contributed by atoms with Crippen LogP contribution < -0.4 is 10.6 Å². The Balaban J connectivity index is 1.95.